The molecule has 0 spiro atoms. The van der Waals surface area contributed by atoms with Gasteiger partial charge in [0, 0.05) is 17.7 Å². The molecule has 0 aliphatic heterocycles. The number of ether oxygens (including phenoxy) is 1. The molecule has 3 rings (SSSR count). The predicted octanol–water partition coefficient (Wildman–Crippen LogP) is 4.42. The maximum absolute atomic E-state index is 12.5. The lowest BCUT2D eigenvalue weighted by molar-refractivity contribution is 0.102. The summed E-state index contributed by atoms with van der Waals surface area (Å²) >= 11 is 1.38. The third-order valence-electron chi connectivity index (χ3n) is 4.05. The lowest BCUT2D eigenvalue weighted by Crippen LogP contribution is -2.05. The summed E-state index contributed by atoms with van der Waals surface area (Å²) < 4.78 is 7.11. The fourth-order valence-corrected chi connectivity index (χ4v) is 3.52. The minimum atomic E-state index is 0.0351. The highest BCUT2D eigenvalue weighted by atomic mass is 32.2. The number of benzene rings is 2. The Morgan fingerprint density at radius 2 is 2.00 bits per heavy atom. The Kier molecular flexibility index (Phi) is 6.08. The van der Waals surface area contributed by atoms with Crippen LogP contribution in [0.4, 0.5) is 0 Å². The number of methoxy groups -OCH3 is 1. The monoisotopic (exact) mass is 379 g/mol. The maximum Gasteiger partial charge on any atom is 0.192 e. The normalized spacial score (nSPS) is 10.6. The zero-order valence-corrected chi connectivity index (χ0v) is 16.2. The molecule has 0 saturated carbocycles. The molecule has 0 atom stereocenters. The zero-order chi connectivity index (χ0) is 19.2. The summed E-state index contributed by atoms with van der Waals surface area (Å²) in [6, 6.07) is 15.2. The van der Waals surface area contributed by atoms with Gasteiger partial charge in [-0.3, -0.25) is 9.36 Å². The highest BCUT2D eigenvalue weighted by Gasteiger charge is 2.15. The molecule has 27 heavy (non-hydrogen) atoms. The molecule has 0 saturated heterocycles. The molecular formula is C21H21N3O2S. The topological polar surface area (TPSA) is 57.0 Å². The molecule has 0 N–H and O–H groups in total. The van der Waals surface area contributed by atoms with E-state index in [1.807, 2.05) is 29.7 Å². The Balaban J connectivity index is 1.78. The van der Waals surface area contributed by atoms with E-state index in [-0.39, 0.29) is 11.5 Å². The molecule has 0 bridgehead atoms. The Morgan fingerprint density at radius 3 is 2.67 bits per heavy atom. The van der Waals surface area contributed by atoms with Crippen molar-refractivity contribution in [3.63, 3.8) is 0 Å². The molecule has 0 radical (unpaired) electrons. The lowest BCUT2D eigenvalue weighted by Gasteiger charge is -2.08. The number of ketones is 1. The molecule has 0 amide bonds. The minimum Gasteiger partial charge on any atom is -0.497 e. The number of allylic oxidation sites excluding steroid dienone is 1. The smallest absolute Gasteiger partial charge is 0.192 e. The van der Waals surface area contributed by atoms with Crippen LogP contribution in [0.5, 0.6) is 5.75 Å². The Morgan fingerprint density at radius 1 is 1.22 bits per heavy atom. The van der Waals surface area contributed by atoms with Crippen LogP contribution >= 0.6 is 11.8 Å². The van der Waals surface area contributed by atoms with Crippen molar-refractivity contribution in [3.05, 3.63) is 72.3 Å². The van der Waals surface area contributed by atoms with E-state index >= 15 is 0 Å². The minimum absolute atomic E-state index is 0.0351. The number of rotatable bonds is 8. The fraction of sp³-hybridized carbons (Fsp3) is 0.190. The molecule has 138 valence electrons. The molecule has 0 fully saturated rings. The van der Waals surface area contributed by atoms with E-state index in [9.17, 15) is 4.79 Å². The molecule has 0 unspecified atom stereocenters. The van der Waals surface area contributed by atoms with Crippen molar-refractivity contribution in [2.45, 2.75) is 18.6 Å². The van der Waals surface area contributed by atoms with E-state index in [1.54, 1.807) is 37.5 Å². The first-order chi connectivity index (χ1) is 13.1. The number of aryl methyl sites for hydroxylation is 1. The van der Waals surface area contributed by atoms with E-state index in [0.29, 0.717) is 17.3 Å². The van der Waals surface area contributed by atoms with Gasteiger partial charge in [0.1, 0.15) is 5.75 Å². The van der Waals surface area contributed by atoms with Crippen molar-refractivity contribution in [2.75, 3.05) is 12.9 Å². The van der Waals surface area contributed by atoms with Crippen LogP contribution in [-0.4, -0.2) is 33.4 Å². The van der Waals surface area contributed by atoms with E-state index in [4.69, 9.17) is 4.74 Å². The SMILES string of the molecule is C=CCn1c(SCC(=O)c2ccc(OC)cc2)nnc1-c1cccc(C)c1. The molecule has 0 aliphatic rings. The summed E-state index contributed by atoms with van der Waals surface area (Å²) in [6.45, 7) is 6.44. The van der Waals surface area contributed by atoms with Gasteiger partial charge < -0.3 is 4.74 Å². The quantitative estimate of drug-likeness (QED) is 0.329. The van der Waals surface area contributed by atoms with Gasteiger partial charge in [-0.1, -0.05) is 41.6 Å². The van der Waals surface area contributed by atoms with Crippen LogP contribution in [0.2, 0.25) is 0 Å². The van der Waals surface area contributed by atoms with Crippen molar-refractivity contribution >= 4 is 17.5 Å². The van der Waals surface area contributed by atoms with Gasteiger partial charge in [-0.25, -0.2) is 0 Å². The van der Waals surface area contributed by atoms with E-state index < -0.39 is 0 Å². The molecule has 0 aliphatic carbocycles. The first kappa shape index (κ1) is 18.9. The zero-order valence-electron chi connectivity index (χ0n) is 15.4. The fourth-order valence-electron chi connectivity index (χ4n) is 2.68. The van der Waals surface area contributed by atoms with Gasteiger partial charge >= 0.3 is 0 Å². The first-order valence-corrected chi connectivity index (χ1v) is 9.52. The lowest BCUT2D eigenvalue weighted by atomic mass is 10.1. The van der Waals surface area contributed by atoms with Gasteiger partial charge in [-0.05, 0) is 37.3 Å². The second-order valence-electron chi connectivity index (χ2n) is 6.02. The average Bonchev–Trinajstić information content (AvgIpc) is 3.09. The second kappa shape index (κ2) is 8.68. The summed E-state index contributed by atoms with van der Waals surface area (Å²) in [5.74, 6) is 1.83. The van der Waals surface area contributed by atoms with Crippen LogP contribution in [0, 0.1) is 6.92 Å². The van der Waals surface area contributed by atoms with Crippen molar-refractivity contribution in [1.29, 1.82) is 0 Å². The van der Waals surface area contributed by atoms with Gasteiger partial charge in [0.25, 0.3) is 0 Å². The van der Waals surface area contributed by atoms with Crippen LogP contribution in [0.15, 0.2) is 66.3 Å². The number of thioether (sulfide) groups is 1. The van der Waals surface area contributed by atoms with Crippen LogP contribution in [0.1, 0.15) is 15.9 Å². The molecule has 6 heteroatoms. The Hall–Kier alpha value is -2.86. The van der Waals surface area contributed by atoms with Crippen molar-refractivity contribution < 1.29 is 9.53 Å². The second-order valence-corrected chi connectivity index (χ2v) is 6.96. The summed E-state index contributed by atoms with van der Waals surface area (Å²) in [5, 5.41) is 9.33. The number of carbonyl (C=O) groups is 1. The first-order valence-electron chi connectivity index (χ1n) is 8.53. The molecule has 1 heterocycles. The average molecular weight is 379 g/mol. The number of carbonyl (C=O) groups excluding carboxylic acids is 1. The summed E-state index contributed by atoms with van der Waals surface area (Å²) in [5.41, 5.74) is 2.80. The number of aromatic nitrogens is 3. The third kappa shape index (κ3) is 4.46. The highest BCUT2D eigenvalue weighted by molar-refractivity contribution is 7.99. The number of nitrogens with zero attached hydrogens (tertiary/aromatic N) is 3. The predicted molar refractivity (Wildman–Crippen MR) is 108 cm³/mol. The van der Waals surface area contributed by atoms with Gasteiger partial charge in [0.15, 0.2) is 16.8 Å². The van der Waals surface area contributed by atoms with Gasteiger partial charge in [-0.15, -0.1) is 16.8 Å². The number of Topliss-reactive ketones (excluding diaryl/α,β-unsaturated/α-hetero) is 1. The Labute approximate surface area is 163 Å². The molecular weight excluding hydrogens is 358 g/mol. The van der Waals surface area contributed by atoms with Crippen LogP contribution in [0.25, 0.3) is 11.4 Å². The third-order valence-corrected chi connectivity index (χ3v) is 5.02. The summed E-state index contributed by atoms with van der Waals surface area (Å²) in [7, 11) is 1.60. The highest BCUT2D eigenvalue weighted by Crippen LogP contribution is 2.25. The largest absolute Gasteiger partial charge is 0.497 e. The van der Waals surface area contributed by atoms with E-state index in [0.717, 1.165) is 22.7 Å². The maximum atomic E-state index is 12.5. The van der Waals surface area contributed by atoms with Crippen LogP contribution in [0.3, 0.4) is 0 Å². The molecule has 5 nitrogen and oxygen atoms in total. The van der Waals surface area contributed by atoms with Gasteiger partial charge in [0.2, 0.25) is 0 Å². The van der Waals surface area contributed by atoms with Gasteiger partial charge in [0.05, 0.1) is 12.9 Å². The number of hydrogen-bond acceptors (Lipinski definition) is 5. The van der Waals surface area contributed by atoms with Gasteiger partial charge in [-0.2, -0.15) is 0 Å². The van der Waals surface area contributed by atoms with E-state index in [2.05, 4.69) is 22.8 Å². The summed E-state index contributed by atoms with van der Waals surface area (Å²) in [4.78, 5) is 12.5. The molecule has 2 aromatic carbocycles. The van der Waals surface area contributed by atoms with Crippen molar-refractivity contribution in [2.24, 2.45) is 0 Å². The van der Waals surface area contributed by atoms with E-state index in [1.165, 1.54) is 11.8 Å². The Bertz CT molecular complexity index is 948. The summed E-state index contributed by atoms with van der Waals surface area (Å²) in [6.07, 6.45) is 1.80. The van der Waals surface area contributed by atoms with Crippen LogP contribution in [-0.2, 0) is 6.54 Å². The molecule has 3 aromatic rings. The van der Waals surface area contributed by atoms with Crippen LogP contribution < -0.4 is 4.74 Å². The number of hydrogen-bond donors (Lipinski definition) is 0. The van der Waals surface area contributed by atoms with Crippen molar-refractivity contribution in [3.8, 4) is 17.1 Å². The van der Waals surface area contributed by atoms with Crippen molar-refractivity contribution in [1.82, 2.24) is 14.8 Å². The molecule has 1 aromatic heterocycles. The standard InChI is InChI=1S/C21H21N3O2S/c1-4-12-24-20(17-7-5-6-15(2)13-17)22-23-21(24)27-14-19(25)16-8-10-18(26-3)11-9-16/h4-11,13H,1,12,14H2,2-3H3.